The lowest BCUT2D eigenvalue weighted by atomic mass is 9.98. The van der Waals surface area contributed by atoms with E-state index in [4.69, 9.17) is 10.8 Å². The molecule has 17 heavy (non-hydrogen) atoms. The summed E-state index contributed by atoms with van der Waals surface area (Å²) in [7, 11) is 0. The normalized spacial score (nSPS) is 12.2. The molecule has 0 aliphatic rings. The molecule has 0 aliphatic heterocycles. The number of rotatable bonds is 4. The number of hydrogen-bond donors (Lipinski definition) is 3. The molecule has 0 radical (unpaired) electrons. The zero-order chi connectivity index (χ0) is 12.3. The highest BCUT2D eigenvalue weighted by Crippen LogP contribution is 2.19. The van der Waals surface area contributed by atoms with Gasteiger partial charge in [0.1, 0.15) is 11.7 Å². The van der Waals surface area contributed by atoms with E-state index in [0.29, 0.717) is 17.9 Å². The Hall–Kier alpha value is -2.37. The number of nitrogens with zero attached hydrogens (tertiary/aromatic N) is 2. The number of aliphatic carboxylic acids is 1. The van der Waals surface area contributed by atoms with Crippen LogP contribution >= 0.6 is 0 Å². The number of aromatic amines is 1. The quantitative estimate of drug-likeness (QED) is 0.723. The van der Waals surface area contributed by atoms with Gasteiger partial charge in [-0.15, -0.1) is 0 Å². The Bertz CT molecular complexity index is 493. The van der Waals surface area contributed by atoms with Gasteiger partial charge in [-0.1, -0.05) is 6.07 Å². The minimum absolute atomic E-state index is 0.352. The summed E-state index contributed by atoms with van der Waals surface area (Å²) >= 11 is 0. The van der Waals surface area contributed by atoms with Crippen LogP contribution in [0.25, 0.3) is 0 Å². The highest BCUT2D eigenvalue weighted by atomic mass is 16.4. The zero-order valence-electron chi connectivity index (χ0n) is 9.00. The van der Waals surface area contributed by atoms with Crippen molar-refractivity contribution in [2.75, 3.05) is 5.73 Å². The maximum absolute atomic E-state index is 11.2. The third-order valence-corrected chi connectivity index (χ3v) is 2.48. The predicted molar refractivity (Wildman–Crippen MR) is 61.3 cm³/mol. The van der Waals surface area contributed by atoms with Crippen molar-refractivity contribution in [3.8, 4) is 0 Å². The molecule has 6 heteroatoms. The lowest BCUT2D eigenvalue weighted by molar-refractivity contribution is -0.138. The molecule has 0 aromatic carbocycles. The highest BCUT2D eigenvalue weighted by Gasteiger charge is 2.21. The molecule has 6 nitrogen and oxygen atoms in total. The van der Waals surface area contributed by atoms with Gasteiger partial charge >= 0.3 is 5.97 Å². The van der Waals surface area contributed by atoms with E-state index in [0.717, 1.165) is 5.56 Å². The second-order valence-corrected chi connectivity index (χ2v) is 3.69. The van der Waals surface area contributed by atoms with Gasteiger partial charge in [0.2, 0.25) is 0 Å². The summed E-state index contributed by atoms with van der Waals surface area (Å²) in [5.41, 5.74) is 6.87. The van der Waals surface area contributed by atoms with Gasteiger partial charge in [0.05, 0.1) is 6.33 Å². The Morgan fingerprint density at radius 2 is 2.29 bits per heavy atom. The average Bonchev–Trinajstić information content (AvgIpc) is 2.81. The molecule has 0 saturated heterocycles. The van der Waals surface area contributed by atoms with E-state index in [2.05, 4.69) is 15.0 Å². The Labute approximate surface area is 97.5 Å². The second-order valence-electron chi connectivity index (χ2n) is 3.69. The molecular weight excluding hydrogens is 220 g/mol. The summed E-state index contributed by atoms with van der Waals surface area (Å²) in [5, 5.41) is 9.17. The first kappa shape index (κ1) is 11.1. The van der Waals surface area contributed by atoms with Crippen molar-refractivity contribution in [2.45, 2.75) is 12.3 Å². The van der Waals surface area contributed by atoms with Gasteiger partial charge in [0.15, 0.2) is 0 Å². The van der Waals surface area contributed by atoms with Crippen LogP contribution in [0.3, 0.4) is 0 Å². The number of nitrogen functional groups attached to an aromatic ring is 1. The van der Waals surface area contributed by atoms with Crippen LogP contribution < -0.4 is 5.73 Å². The third-order valence-electron chi connectivity index (χ3n) is 2.48. The van der Waals surface area contributed by atoms with Crippen molar-refractivity contribution in [3.63, 3.8) is 0 Å². The van der Waals surface area contributed by atoms with E-state index in [9.17, 15) is 4.79 Å². The van der Waals surface area contributed by atoms with Gasteiger partial charge in [0.25, 0.3) is 0 Å². The van der Waals surface area contributed by atoms with Crippen LogP contribution in [0.15, 0.2) is 30.9 Å². The predicted octanol–water partition coefficient (Wildman–Crippen LogP) is 0.798. The largest absolute Gasteiger partial charge is 0.481 e. The van der Waals surface area contributed by atoms with Crippen LogP contribution in [-0.4, -0.2) is 26.0 Å². The van der Waals surface area contributed by atoms with Crippen molar-refractivity contribution in [2.24, 2.45) is 0 Å². The molecule has 2 aromatic rings. The minimum atomic E-state index is -0.897. The number of H-pyrrole nitrogens is 1. The SMILES string of the molecule is Nc1ccc(C[C@H](C(=O)O)c2cnc[nH]2)cn1. The van der Waals surface area contributed by atoms with Crippen molar-refractivity contribution >= 4 is 11.8 Å². The van der Waals surface area contributed by atoms with E-state index in [1.165, 1.54) is 12.5 Å². The molecule has 0 saturated carbocycles. The van der Waals surface area contributed by atoms with Gasteiger partial charge in [0, 0.05) is 18.1 Å². The Morgan fingerprint density at radius 3 is 2.82 bits per heavy atom. The zero-order valence-corrected chi connectivity index (χ0v) is 9.00. The number of aromatic nitrogens is 3. The Kier molecular flexibility index (Phi) is 3.04. The number of hydrogen-bond acceptors (Lipinski definition) is 4. The molecule has 2 rings (SSSR count). The van der Waals surface area contributed by atoms with Crippen LogP contribution in [0.1, 0.15) is 17.2 Å². The highest BCUT2D eigenvalue weighted by molar-refractivity contribution is 5.75. The van der Waals surface area contributed by atoms with Crippen LogP contribution in [-0.2, 0) is 11.2 Å². The lowest BCUT2D eigenvalue weighted by Crippen LogP contribution is -2.15. The number of nitrogens with two attached hydrogens (primary N) is 1. The molecule has 0 fully saturated rings. The standard InChI is InChI=1S/C11H12N4O2/c12-10-2-1-7(4-14-10)3-8(11(16)17)9-5-13-6-15-9/h1-2,4-6,8H,3H2,(H2,12,14)(H,13,15)(H,16,17)/t8-/m0/s1. The fraction of sp³-hybridized carbons (Fsp3) is 0.182. The molecule has 0 amide bonds. The van der Waals surface area contributed by atoms with E-state index in [1.54, 1.807) is 18.3 Å². The summed E-state index contributed by atoms with van der Waals surface area (Å²) in [6.45, 7) is 0. The smallest absolute Gasteiger partial charge is 0.312 e. The van der Waals surface area contributed by atoms with Crippen LogP contribution in [0.2, 0.25) is 0 Å². The third kappa shape index (κ3) is 2.60. The number of nitrogens with one attached hydrogen (secondary N) is 1. The molecule has 0 spiro atoms. The van der Waals surface area contributed by atoms with E-state index >= 15 is 0 Å². The number of pyridine rings is 1. The topological polar surface area (TPSA) is 105 Å². The number of carboxylic acid groups (broad SMARTS) is 1. The lowest BCUT2D eigenvalue weighted by Gasteiger charge is -2.10. The number of anilines is 1. The summed E-state index contributed by atoms with van der Waals surface area (Å²) in [4.78, 5) is 21.7. The van der Waals surface area contributed by atoms with Gasteiger partial charge in [-0.25, -0.2) is 9.97 Å². The summed E-state index contributed by atoms with van der Waals surface area (Å²) in [5.74, 6) is -1.13. The maximum Gasteiger partial charge on any atom is 0.312 e. The molecule has 0 unspecified atom stereocenters. The Morgan fingerprint density at radius 1 is 1.47 bits per heavy atom. The molecular formula is C11H12N4O2. The molecule has 1 atom stereocenters. The van der Waals surface area contributed by atoms with Crippen LogP contribution in [0.4, 0.5) is 5.82 Å². The van der Waals surface area contributed by atoms with Crippen molar-refractivity contribution in [1.29, 1.82) is 0 Å². The first-order valence-electron chi connectivity index (χ1n) is 5.08. The molecule has 0 aliphatic carbocycles. The van der Waals surface area contributed by atoms with Crippen LogP contribution in [0, 0.1) is 0 Å². The van der Waals surface area contributed by atoms with Crippen molar-refractivity contribution in [3.05, 3.63) is 42.1 Å². The first-order valence-corrected chi connectivity index (χ1v) is 5.08. The molecule has 4 N–H and O–H groups in total. The van der Waals surface area contributed by atoms with Crippen molar-refractivity contribution in [1.82, 2.24) is 15.0 Å². The second kappa shape index (κ2) is 4.65. The van der Waals surface area contributed by atoms with E-state index in [1.807, 2.05) is 0 Å². The fourth-order valence-corrected chi connectivity index (χ4v) is 1.58. The monoisotopic (exact) mass is 232 g/mol. The average molecular weight is 232 g/mol. The molecule has 2 heterocycles. The van der Waals surface area contributed by atoms with Crippen molar-refractivity contribution < 1.29 is 9.90 Å². The van der Waals surface area contributed by atoms with Gasteiger partial charge < -0.3 is 15.8 Å². The number of imidazole rings is 1. The molecule has 88 valence electrons. The Balaban J connectivity index is 2.19. The van der Waals surface area contributed by atoms with Crippen LogP contribution in [0.5, 0.6) is 0 Å². The van der Waals surface area contributed by atoms with Gasteiger partial charge in [-0.2, -0.15) is 0 Å². The maximum atomic E-state index is 11.2. The van der Waals surface area contributed by atoms with E-state index < -0.39 is 11.9 Å². The van der Waals surface area contributed by atoms with Gasteiger partial charge in [-0.05, 0) is 18.1 Å². The van der Waals surface area contributed by atoms with E-state index in [-0.39, 0.29) is 0 Å². The number of carboxylic acids is 1. The first-order chi connectivity index (χ1) is 8.16. The van der Waals surface area contributed by atoms with Gasteiger partial charge in [-0.3, -0.25) is 4.79 Å². The fourth-order valence-electron chi connectivity index (χ4n) is 1.58. The number of carbonyl (C=O) groups is 1. The summed E-state index contributed by atoms with van der Waals surface area (Å²) in [6.07, 6.45) is 4.92. The molecule has 0 bridgehead atoms. The minimum Gasteiger partial charge on any atom is -0.481 e. The summed E-state index contributed by atoms with van der Waals surface area (Å²) < 4.78 is 0. The summed E-state index contributed by atoms with van der Waals surface area (Å²) in [6, 6.07) is 3.43. The molecule has 2 aromatic heterocycles.